The summed E-state index contributed by atoms with van der Waals surface area (Å²) in [7, 11) is 0. The van der Waals surface area contributed by atoms with Gasteiger partial charge in [-0.1, -0.05) is 37.6 Å². The Hall–Kier alpha value is -1.58. The van der Waals surface area contributed by atoms with Crippen molar-refractivity contribution in [2.45, 2.75) is 27.3 Å². The molecule has 0 bridgehead atoms. The minimum absolute atomic E-state index is 0.605. The maximum Gasteiger partial charge on any atom is 0.146 e. The van der Waals surface area contributed by atoms with Gasteiger partial charge in [-0.2, -0.15) is 0 Å². The summed E-state index contributed by atoms with van der Waals surface area (Å²) in [4.78, 5) is 4.35. The number of nitrogens with one attached hydrogen (secondary N) is 1. The molecule has 1 heterocycles. The number of aromatic nitrogens is 1. The number of pyridine rings is 1. The van der Waals surface area contributed by atoms with Gasteiger partial charge in [-0.3, -0.25) is 4.98 Å². The Labute approximate surface area is 131 Å². The molecule has 0 saturated carbocycles. The number of halogens is 1. The first-order valence-electron chi connectivity index (χ1n) is 7.15. The van der Waals surface area contributed by atoms with Crippen LogP contribution in [-0.4, -0.2) is 11.5 Å². The SMILES string of the molecule is Cc1cc(Oc2ccccc2Cl)c(CNCC(C)C)cn1. The molecule has 0 amide bonds. The fraction of sp³-hybridized carbons (Fsp3) is 0.353. The number of benzene rings is 1. The van der Waals surface area contributed by atoms with Gasteiger partial charge >= 0.3 is 0 Å². The molecule has 1 aromatic carbocycles. The van der Waals surface area contributed by atoms with Gasteiger partial charge in [-0.15, -0.1) is 0 Å². The van der Waals surface area contributed by atoms with E-state index in [-0.39, 0.29) is 0 Å². The Morgan fingerprint density at radius 1 is 1.24 bits per heavy atom. The molecule has 0 spiro atoms. The normalized spacial score (nSPS) is 10.9. The van der Waals surface area contributed by atoms with Crippen LogP contribution in [0.2, 0.25) is 5.02 Å². The van der Waals surface area contributed by atoms with Crippen molar-refractivity contribution in [2.75, 3.05) is 6.54 Å². The number of hydrogen-bond acceptors (Lipinski definition) is 3. The lowest BCUT2D eigenvalue weighted by molar-refractivity contribution is 0.467. The van der Waals surface area contributed by atoms with E-state index in [1.54, 1.807) is 0 Å². The average Bonchev–Trinajstić information content (AvgIpc) is 2.43. The fourth-order valence-electron chi connectivity index (χ4n) is 1.93. The zero-order chi connectivity index (χ0) is 15.2. The second-order valence-corrected chi connectivity index (χ2v) is 5.90. The number of hydrogen-bond donors (Lipinski definition) is 1. The van der Waals surface area contributed by atoms with Crippen molar-refractivity contribution in [3.8, 4) is 11.5 Å². The Morgan fingerprint density at radius 3 is 2.71 bits per heavy atom. The molecule has 0 aliphatic heterocycles. The summed E-state index contributed by atoms with van der Waals surface area (Å²) in [5.41, 5.74) is 1.95. The van der Waals surface area contributed by atoms with Gasteiger partial charge in [0.1, 0.15) is 11.5 Å². The van der Waals surface area contributed by atoms with Gasteiger partial charge in [0.2, 0.25) is 0 Å². The van der Waals surface area contributed by atoms with Gasteiger partial charge in [0.15, 0.2) is 0 Å². The van der Waals surface area contributed by atoms with Crippen LogP contribution in [0.5, 0.6) is 11.5 Å². The lowest BCUT2D eigenvalue weighted by Crippen LogP contribution is -2.19. The summed E-state index contributed by atoms with van der Waals surface area (Å²) < 4.78 is 5.97. The van der Waals surface area contributed by atoms with Crippen LogP contribution in [0.4, 0.5) is 0 Å². The second-order valence-electron chi connectivity index (χ2n) is 5.49. The third-order valence-corrected chi connectivity index (χ3v) is 3.32. The highest BCUT2D eigenvalue weighted by atomic mass is 35.5. The molecule has 0 radical (unpaired) electrons. The maximum absolute atomic E-state index is 6.16. The first-order chi connectivity index (χ1) is 10.1. The van der Waals surface area contributed by atoms with E-state index in [2.05, 4.69) is 24.1 Å². The molecular formula is C17H21ClN2O. The van der Waals surface area contributed by atoms with Gasteiger partial charge in [0.25, 0.3) is 0 Å². The van der Waals surface area contributed by atoms with E-state index >= 15 is 0 Å². The summed E-state index contributed by atoms with van der Waals surface area (Å²) in [6, 6.07) is 9.42. The van der Waals surface area contributed by atoms with E-state index in [0.717, 1.165) is 30.1 Å². The summed E-state index contributed by atoms with van der Waals surface area (Å²) in [6.45, 7) is 8.00. The van der Waals surface area contributed by atoms with E-state index in [9.17, 15) is 0 Å². The number of nitrogens with zero attached hydrogens (tertiary/aromatic N) is 1. The quantitative estimate of drug-likeness (QED) is 0.848. The highest BCUT2D eigenvalue weighted by molar-refractivity contribution is 6.32. The third-order valence-electron chi connectivity index (χ3n) is 3.01. The molecular weight excluding hydrogens is 284 g/mol. The molecule has 1 N–H and O–H groups in total. The topological polar surface area (TPSA) is 34.1 Å². The Bertz CT molecular complexity index is 599. The van der Waals surface area contributed by atoms with Crippen LogP contribution in [-0.2, 0) is 6.54 Å². The number of rotatable bonds is 6. The molecule has 112 valence electrons. The first kappa shape index (κ1) is 15.8. The predicted octanol–water partition coefficient (Wildman–Crippen LogP) is 4.58. The Kier molecular flexibility index (Phi) is 5.59. The van der Waals surface area contributed by atoms with Gasteiger partial charge in [-0.05, 0) is 31.5 Å². The molecule has 0 fully saturated rings. The molecule has 1 aromatic heterocycles. The van der Waals surface area contributed by atoms with Gasteiger partial charge in [0.05, 0.1) is 5.02 Å². The van der Waals surface area contributed by atoms with Gasteiger partial charge in [-0.25, -0.2) is 0 Å². The molecule has 0 unspecified atom stereocenters. The highest BCUT2D eigenvalue weighted by Gasteiger charge is 2.09. The lowest BCUT2D eigenvalue weighted by atomic mass is 10.2. The van der Waals surface area contributed by atoms with Crippen molar-refractivity contribution in [3.05, 3.63) is 52.8 Å². The van der Waals surface area contributed by atoms with Crippen LogP contribution in [0.15, 0.2) is 36.5 Å². The first-order valence-corrected chi connectivity index (χ1v) is 7.52. The molecule has 0 atom stereocenters. The van der Waals surface area contributed by atoms with Crippen molar-refractivity contribution < 1.29 is 4.74 Å². The highest BCUT2D eigenvalue weighted by Crippen LogP contribution is 2.31. The van der Waals surface area contributed by atoms with E-state index in [1.807, 2.05) is 43.5 Å². The van der Waals surface area contributed by atoms with Gasteiger partial charge in [0, 0.05) is 30.1 Å². The van der Waals surface area contributed by atoms with Crippen LogP contribution < -0.4 is 10.1 Å². The Morgan fingerprint density at radius 2 is 2.00 bits per heavy atom. The number of aryl methyl sites for hydroxylation is 1. The molecule has 0 aliphatic carbocycles. The number of ether oxygens (including phenoxy) is 1. The van der Waals surface area contributed by atoms with E-state index in [0.29, 0.717) is 16.7 Å². The zero-order valence-electron chi connectivity index (χ0n) is 12.7. The Balaban J connectivity index is 2.17. The van der Waals surface area contributed by atoms with E-state index in [1.165, 1.54) is 0 Å². The molecule has 3 nitrogen and oxygen atoms in total. The van der Waals surface area contributed by atoms with Crippen molar-refractivity contribution in [3.63, 3.8) is 0 Å². The number of para-hydroxylation sites is 1. The third kappa shape index (κ3) is 4.73. The van der Waals surface area contributed by atoms with Crippen LogP contribution >= 0.6 is 11.6 Å². The predicted molar refractivity (Wildman–Crippen MR) is 87.0 cm³/mol. The van der Waals surface area contributed by atoms with Crippen molar-refractivity contribution in [2.24, 2.45) is 5.92 Å². The zero-order valence-corrected chi connectivity index (χ0v) is 13.4. The minimum Gasteiger partial charge on any atom is -0.455 e. The van der Waals surface area contributed by atoms with Crippen molar-refractivity contribution in [1.82, 2.24) is 10.3 Å². The van der Waals surface area contributed by atoms with Crippen molar-refractivity contribution in [1.29, 1.82) is 0 Å². The monoisotopic (exact) mass is 304 g/mol. The van der Waals surface area contributed by atoms with Crippen LogP contribution in [0.1, 0.15) is 25.1 Å². The summed E-state index contributed by atoms with van der Waals surface area (Å²) in [5.74, 6) is 2.07. The molecule has 2 rings (SSSR count). The largest absolute Gasteiger partial charge is 0.455 e. The van der Waals surface area contributed by atoms with Crippen LogP contribution in [0.25, 0.3) is 0 Å². The molecule has 2 aromatic rings. The fourth-order valence-corrected chi connectivity index (χ4v) is 2.11. The summed E-state index contributed by atoms with van der Waals surface area (Å²) >= 11 is 6.16. The van der Waals surface area contributed by atoms with Crippen molar-refractivity contribution >= 4 is 11.6 Å². The molecule has 4 heteroatoms. The van der Waals surface area contributed by atoms with E-state index in [4.69, 9.17) is 16.3 Å². The molecule has 21 heavy (non-hydrogen) atoms. The second kappa shape index (κ2) is 7.43. The molecule has 0 aliphatic rings. The standard InChI is InChI=1S/C17H21ClN2O/c1-12(2)9-19-10-14-11-20-13(3)8-17(14)21-16-7-5-4-6-15(16)18/h4-8,11-12,19H,9-10H2,1-3H3. The van der Waals surface area contributed by atoms with Gasteiger partial charge < -0.3 is 10.1 Å². The lowest BCUT2D eigenvalue weighted by Gasteiger charge is -2.14. The van der Waals surface area contributed by atoms with E-state index < -0.39 is 0 Å². The smallest absolute Gasteiger partial charge is 0.146 e. The van der Waals surface area contributed by atoms with Crippen LogP contribution in [0, 0.1) is 12.8 Å². The van der Waals surface area contributed by atoms with Crippen LogP contribution in [0.3, 0.4) is 0 Å². The average molecular weight is 305 g/mol. The summed E-state index contributed by atoms with van der Waals surface area (Å²) in [6.07, 6.45) is 1.86. The summed E-state index contributed by atoms with van der Waals surface area (Å²) in [5, 5.41) is 4.01. The minimum atomic E-state index is 0.605. The maximum atomic E-state index is 6.16. The molecule has 0 saturated heterocycles.